The SMILES string of the molecule is Cc1cccn2cc(-c3ccc(NC(=O)COc4ccccc4)cc3)nc12. The lowest BCUT2D eigenvalue weighted by Gasteiger charge is -2.07. The van der Waals surface area contributed by atoms with Gasteiger partial charge in [0.1, 0.15) is 11.4 Å². The monoisotopic (exact) mass is 357 g/mol. The maximum Gasteiger partial charge on any atom is 0.262 e. The van der Waals surface area contributed by atoms with Crippen molar-refractivity contribution < 1.29 is 9.53 Å². The Labute approximate surface area is 157 Å². The van der Waals surface area contributed by atoms with Gasteiger partial charge in [-0.05, 0) is 42.8 Å². The van der Waals surface area contributed by atoms with Crippen LogP contribution in [0.5, 0.6) is 5.75 Å². The number of nitrogens with zero attached hydrogens (tertiary/aromatic N) is 2. The van der Waals surface area contributed by atoms with Crippen LogP contribution in [-0.4, -0.2) is 21.9 Å². The van der Waals surface area contributed by atoms with E-state index in [1.165, 1.54) is 0 Å². The second-order valence-electron chi connectivity index (χ2n) is 6.28. The highest BCUT2D eigenvalue weighted by molar-refractivity contribution is 5.92. The van der Waals surface area contributed by atoms with Crippen LogP contribution in [0.15, 0.2) is 79.1 Å². The van der Waals surface area contributed by atoms with Crippen LogP contribution in [-0.2, 0) is 4.79 Å². The van der Waals surface area contributed by atoms with Crippen molar-refractivity contribution in [1.82, 2.24) is 9.38 Å². The molecular weight excluding hydrogens is 338 g/mol. The minimum atomic E-state index is -0.199. The first-order valence-corrected chi connectivity index (χ1v) is 8.71. The number of amides is 1. The molecular formula is C22H19N3O2. The average Bonchev–Trinajstić information content (AvgIpc) is 3.14. The third-order valence-electron chi connectivity index (χ3n) is 4.26. The Hall–Kier alpha value is -3.60. The van der Waals surface area contributed by atoms with Crippen molar-refractivity contribution in [2.24, 2.45) is 0 Å². The molecule has 2 aromatic heterocycles. The van der Waals surface area contributed by atoms with Crippen LogP contribution >= 0.6 is 0 Å². The van der Waals surface area contributed by atoms with E-state index in [1.807, 2.05) is 90.4 Å². The maximum atomic E-state index is 12.0. The fourth-order valence-corrected chi connectivity index (χ4v) is 2.88. The van der Waals surface area contributed by atoms with Crippen molar-refractivity contribution in [3.05, 3.63) is 84.7 Å². The zero-order valence-electron chi connectivity index (χ0n) is 14.9. The molecule has 0 aliphatic heterocycles. The van der Waals surface area contributed by atoms with Gasteiger partial charge in [0.05, 0.1) is 5.69 Å². The molecule has 1 amide bonds. The molecule has 5 nitrogen and oxygen atoms in total. The number of imidazole rings is 1. The van der Waals surface area contributed by atoms with Gasteiger partial charge >= 0.3 is 0 Å². The summed E-state index contributed by atoms with van der Waals surface area (Å²) in [5.41, 5.74) is 4.69. The molecule has 0 unspecified atom stereocenters. The lowest BCUT2D eigenvalue weighted by molar-refractivity contribution is -0.118. The smallest absolute Gasteiger partial charge is 0.262 e. The van der Waals surface area contributed by atoms with Gasteiger partial charge in [-0.1, -0.05) is 36.4 Å². The summed E-state index contributed by atoms with van der Waals surface area (Å²) in [7, 11) is 0. The van der Waals surface area contributed by atoms with E-state index in [1.54, 1.807) is 0 Å². The van der Waals surface area contributed by atoms with E-state index >= 15 is 0 Å². The summed E-state index contributed by atoms with van der Waals surface area (Å²) in [4.78, 5) is 16.7. The number of ether oxygens (including phenoxy) is 1. The quantitative estimate of drug-likeness (QED) is 0.578. The molecule has 0 radical (unpaired) electrons. The number of hydrogen-bond donors (Lipinski definition) is 1. The number of anilines is 1. The molecule has 4 rings (SSSR count). The highest BCUT2D eigenvalue weighted by Gasteiger charge is 2.07. The van der Waals surface area contributed by atoms with Crippen LogP contribution in [0, 0.1) is 6.92 Å². The maximum absolute atomic E-state index is 12.0. The second kappa shape index (κ2) is 7.33. The Balaban J connectivity index is 1.42. The van der Waals surface area contributed by atoms with E-state index in [0.717, 1.165) is 28.2 Å². The zero-order valence-corrected chi connectivity index (χ0v) is 14.9. The van der Waals surface area contributed by atoms with Crippen LogP contribution in [0.1, 0.15) is 5.56 Å². The first kappa shape index (κ1) is 16.8. The molecule has 0 saturated heterocycles. The minimum absolute atomic E-state index is 0.0303. The van der Waals surface area contributed by atoms with Crippen LogP contribution in [0.2, 0.25) is 0 Å². The lowest BCUT2D eigenvalue weighted by Crippen LogP contribution is -2.20. The molecule has 5 heteroatoms. The summed E-state index contributed by atoms with van der Waals surface area (Å²) < 4.78 is 7.47. The molecule has 0 fully saturated rings. The number of carbonyl (C=O) groups is 1. The van der Waals surface area contributed by atoms with Gasteiger partial charge in [0, 0.05) is 23.6 Å². The van der Waals surface area contributed by atoms with Crippen molar-refractivity contribution in [3.63, 3.8) is 0 Å². The molecule has 0 aliphatic carbocycles. The topological polar surface area (TPSA) is 55.6 Å². The van der Waals surface area contributed by atoms with Crippen molar-refractivity contribution >= 4 is 17.2 Å². The molecule has 27 heavy (non-hydrogen) atoms. The molecule has 4 aromatic rings. The largest absolute Gasteiger partial charge is 0.484 e. The number of aromatic nitrogens is 2. The number of carbonyl (C=O) groups excluding carboxylic acids is 1. The summed E-state index contributed by atoms with van der Waals surface area (Å²) in [6.07, 6.45) is 3.99. The third kappa shape index (κ3) is 3.82. The van der Waals surface area contributed by atoms with E-state index in [0.29, 0.717) is 5.75 Å². The molecule has 0 saturated carbocycles. The number of nitrogens with one attached hydrogen (secondary N) is 1. The third-order valence-corrected chi connectivity index (χ3v) is 4.26. The van der Waals surface area contributed by atoms with Crippen molar-refractivity contribution in [1.29, 1.82) is 0 Å². The first-order chi connectivity index (χ1) is 13.2. The molecule has 2 aromatic carbocycles. The van der Waals surface area contributed by atoms with Gasteiger partial charge in [0.15, 0.2) is 6.61 Å². The van der Waals surface area contributed by atoms with E-state index in [4.69, 9.17) is 9.72 Å². The molecule has 0 bridgehead atoms. The van der Waals surface area contributed by atoms with E-state index in [2.05, 4.69) is 5.32 Å². The van der Waals surface area contributed by atoms with Crippen molar-refractivity contribution in [3.8, 4) is 17.0 Å². The molecule has 0 spiro atoms. The molecule has 0 aliphatic rings. The van der Waals surface area contributed by atoms with Crippen LogP contribution in [0.3, 0.4) is 0 Å². The predicted molar refractivity (Wildman–Crippen MR) is 106 cm³/mol. The zero-order chi connectivity index (χ0) is 18.6. The fourth-order valence-electron chi connectivity index (χ4n) is 2.88. The summed E-state index contributed by atoms with van der Waals surface area (Å²) in [6, 6.07) is 21.0. The lowest BCUT2D eigenvalue weighted by atomic mass is 10.1. The van der Waals surface area contributed by atoms with Gasteiger partial charge in [-0.3, -0.25) is 4.79 Å². The van der Waals surface area contributed by atoms with Gasteiger partial charge in [0.2, 0.25) is 0 Å². The normalized spacial score (nSPS) is 10.7. The number of pyridine rings is 1. The number of benzene rings is 2. The summed E-state index contributed by atoms with van der Waals surface area (Å²) in [6.45, 7) is 2.01. The van der Waals surface area contributed by atoms with Gasteiger partial charge in [-0.15, -0.1) is 0 Å². The Morgan fingerprint density at radius 2 is 1.81 bits per heavy atom. The Morgan fingerprint density at radius 1 is 1.04 bits per heavy atom. The van der Waals surface area contributed by atoms with Crippen LogP contribution < -0.4 is 10.1 Å². The highest BCUT2D eigenvalue weighted by Crippen LogP contribution is 2.22. The molecule has 1 N–H and O–H groups in total. The highest BCUT2D eigenvalue weighted by atomic mass is 16.5. The average molecular weight is 357 g/mol. The summed E-state index contributed by atoms with van der Waals surface area (Å²) >= 11 is 0. The molecule has 2 heterocycles. The van der Waals surface area contributed by atoms with Gasteiger partial charge in [-0.25, -0.2) is 4.98 Å². The predicted octanol–water partition coefficient (Wildman–Crippen LogP) is 4.33. The minimum Gasteiger partial charge on any atom is -0.484 e. The number of rotatable bonds is 5. The summed E-state index contributed by atoms with van der Waals surface area (Å²) in [5.74, 6) is 0.472. The molecule has 134 valence electrons. The van der Waals surface area contributed by atoms with Crippen molar-refractivity contribution in [2.75, 3.05) is 11.9 Å². The molecule has 0 atom stereocenters. The van der Waals surface area contributed by atoms with Crippen molar-refractivity contribution in [2.45, 2.75) is 6.92 Å². The Morgan fingerprint density at radius 3 is 2.56 bits per heavy atom. The number of hydrogen-bond acceptors (Lipinski definition) is 3. The van der Waals surface area contributed by atoms with E-state index in [-0.39, 0.29) is 12.5 Å². The van der Waals surface area contributed by atoms with Gasteiger partial charge in [-0.2, -0.15) is 0 Å². The van der Waals surface area contributed by atoms with Crippen LogP contribution in [0.25, 0.3) is 16.9 Å². The van der Waals surface area contributed by atoms with Crippen LogP contribution in [0.4, 0.5) is 5.69 Å². The number of para-hydroxylation sites is 1. The number of aryl methyl sites for hydroxylation is 1. The summed E-state index contributed by atoms with van der Waals surface area (Å²) in [5, 5.41) is 2.84. The van der Waals surface area contributed by atoms with E-state index < -0.39 is 0 Å². The fraction of sp³-hybridized carbons (Fsp3) is 0.0909. The first-order valence-electron chi connectivity index (χ1n) is 8.71. The Bertz CT molecular complexity index is 1070. The standard InChI is InChI=1S/C22H19N3O2/c1-16-6-5-13-25-14-20(24-22(16)25)17-9-11-18(12-10-17)23-21(26)15-27-19-7-3-2-4-8-19/h2-14H,15H2,1H3,(H,23,26). The van der Waals surface area contributed by atoms with E-state index in [9.17, 15) is 4.79 Å². The Kier molecular flexibility index (Phi) is 4.58. The van der Waals surface area contributed by atoms with Gasteiger partial charge in [0.25, 0.3) is 5.91 Å². The second-order valence-corrected chi connectivity index (χ2v) is 6.28. The van der Waals surface area contributed by atoms with Gasteiger partial charge < -0.3 is 14.5 Å². The number of fused-ring (bicyclic) bond motifs is 1.